The molecule has 0 spiro atoms. The minimum atomic E-state index is -1.31. The number of hydrogen-bond donors (Lipinski definition) is 3. The molecule has 3 aromatic rings. The molecule has 2 atom stereocenters. The van der Waals surface area contributed by atoms with Crippen LogP contribution in [0, 0.1) is 0 Å². The standard InChI is InChI=1S/C22H30N4O4.C9H14O4/c1-6-29-12-17-24-18-19(26(17)13-22(4,5)28)15-10-8-9-11-16(15)23-20(18)25-21(27)14(3)30-7-2;1-5-7(11)13-9(3,4)8(12)6(2)10/h8-11,14,28H,6-7,12-13H2,1-5H3,(H,23,25,27);5-6,10H,1H2,2-4H3. The number of para-hydroxylation sites is 1. The number of benzene rings is 1. The van der Waals surface area contributed by atoms with Crippen molar-refractivity contribution >= 4 is 45.4 Å². The molecule has 43 heavy (non-hydrogen) atoms. The molecule has 0 aliphatic carbocycles. The van der Waals surface area contributed by atoms with E-state index in [1.165, 1.54) is 20.8 Å². The number of nitrogens with one attached hydrogen (secondary N) is 1. The number of pyridine rings is 1. The zero-order chi connectivity index (χ0) is 32.5. The number of Topliss-reactive ketones (excluding diaryl/α,β-unsaturated/α-hetero) is 1. The molecule has 0 saturated carbocycles. The maximum atomic E-state index is 12.6. The summed E-state index contributed by atoms with van der Waals surface area (Å²) in [4.78, 5) is 44.0. The van der Waals surface area contributed by atoms with Crippen LogP contribution in [-0.4, -0.2) is 79.0 Å². The third-order valence-corrected chi connectivity index (χ3v) is 6.17. The van der Waals surface area contributed by atoms with Gasteiger partial charge >= 0.3 is 5.97 Å². The molecule has 0 bridgehead atoms. The highest BCUT2D eigenvalue weighted by molar-refractivity contribution is 6.10. The molecule has 0 radical (unpaired) electrons. The minimum Gasteiger partial charge on any atom is -0.448 e. The smallest absolute Gasteiger partial charge is 0.331 e. The van der Waals surface area contributed by atoms with Crippen molar-refractivity contribution in [3.8, 4) is 0 Å². The molecule has 0 aliphatic rings. The van der Waals surface area contributed by atoms with Crippen LogP contribution in [0.25, 0.3) is 21.9 Å². The maximum absolute atomic E-state index is 12.6. The Morgan fingerprint density at radius 3 is 2.30 bits per heavy atom. The van der Waals surface area contributed by atoms with E-state index in [4.69, 9.17) is 24.3 Å². The number of hydrogen-bond acceptors (Lipinski definition) is 10. The van der Waals surface area contributed by atoms with Crippen LogP contribution in [0.1, 0.15) is 61.2 Å². The average molecular weight is 601 g/mol. The second kappa shape index (κ2) is 15.1. The first kappa shape index (κ1) is 35.5. The van der Waals surface area contributed by atoms with Gasteiger partial charge in [-0.3, -0.25) is 9.59 Å². The van der Waals surface area contributed by atoms with Crippen molar-refractivity contribution < 1.29 is 38.8 Å². The first-order chi connectivity index (χ1) is 20.1. The number of esters is 1. The second-order valence-corrected chi connectivity index (χ2v) is 11.0. The molecule has 12 heteroatoms. The number of aliphatic hydroxyl groups excluding tert-OH is 1. The van der Waals surface area contributed by atoms with Crippen LogP contribution < -0.4 is 5.32 Å². The molecule has 12 nitrogen and oxygen atoms in total. The number of carbonyl (C=O) groups is 3. The highest BCUT2D eigenvalue weighted by atomic mass is 16.6. The fourth-order valence-electron chi connectivity index (χ4n) is 4.22. The number of anilines is 1. The van der Waals surface area contributed by atoms with E-state index in [2.05, 4.69) is 16.9 Å². The number of imidazole rings is 1. The summed E-state index contributed by atoms with van der Waals surface area (Å²) >= 11 is 0. The van der Waals surface area contributed by atoms with Crippen molar-refractivity contribution in [2.75, 3.05) is 18.5 Å². The van der Waals surface area contributed by atoms with Gasteiger partial charge in [0.25, 0.3) is 5.91 Å². The van der Waals surface area contributed by atoms with Gasteiger partial charge in [0.2, 0.25) is 5.78 Å². The minimum absolute atomic E-state index is 0.288. The summed E-state index contributed by atoms with van der Waals surface area (Å²) < 4.78 is 17.7. The van der Waals surface area contributed by atoms with E-state index in [0.717, 1.165) is 22.5 Å². The van der Waals surface area contributed by atoms with Gasteiger partial charge in [-0.1, -0.05) is 24.8 Å². The van der Waals surface area contributed by atoms with Gasteiger partial charge in [-0.2, -0.15) is 0 Å². The van der Waals surface area contributed by atoms with E-state index >= 15 is 0 Å². The number of rotatable bonds is 13. The number of amides is 1. The lowest BCUT2D eigenvalue weighted by atomic mass is 10.00. The largest absolute Gasteiger partial charge is 0.448 e. The summed E-state index contributed by atoms with van der Waals surface area (Å²) in [5.74, 6) is -0.473. The summed E-state index contributed by atoms with van der Waals surface area (Å²) in [6, 6.07) is 7.68. The van der Waals surface area contributed by atoms with Gasteiger partial charge in [-0.25, -0.2) is 14.8 Å². The lowest BCUT2D eigenvalue weighted by molar-refractivity contribution is -0.162. The Bertz CT molecular complexity index is 1440. The Morgan fingerprint density at radius 2 is 1.74 bits per heavy atom. The molecule has 3 rings (SSSR count). The fraction of sp³-hybridized carbons (Fsp3) is 0.516. The normalized spacial score (nSPS) is 13.2. The summed E-state index contributed by atoms with van der Waals surface area (Å²) in [6.07, 6.45) is -0.788. The van der Waals surface area contributed by atoms with Crippen LogP contribution in [0.3, 0.4) is 0 Å². The first-order valence-electron chi connectivity index (χ1n) is 14.1. The predicted octanol–water partition coefficient (Wildman–Crippen LogP) is 3.70. The lowest BCUT2D eigenvalue weighted by Gasteiger charge is -2.23. The van der Waals surface area contributed by atoms with Crippen LogP contribution in [0.2, 0.25) is 0 Å². The van der Waals surface area contributed by atoms with Gasteiger partial charge in [0.1, 0.15) is 30.2 Å². The van der Waals surface area contributed by atoms with Crippen LogP contribution in [0.4, 0.5) is 5.82 Å². The highest BCUT2D eigenvalue weighted by Gasteiger charge is 2.34. The number of fused-ring (bicyclic) bond motifs is 3. The predicted molar refractivity (Wildman–Crippen MR) is 163 cm³/mol. The van der Waals surface area contributed by atoms with Gasteiger partial charge in [-0.05, 0) is 61.5 Å². The second-order valence-electron chi connectivity index (χ2n) is 11.0. The van der Waals surface area contributed by atoms with E-state index in [1.807, 2.05) is 42.7 Å². The van der Waals surface area contributed by atoms with E-state index in [9.17, 15) is 19.5 Å². The Kier molecular flexibility index (Phi) is 12.5. The van der Waals surface area contributed by atoms with Gasteiger partial charge in [0, 0.05) is 24.7 Å². The van der Waals surface area contributed by atoms with Crippen molar-refractivity contribution in [2.45, 2.75) is 92.0 Å². The van der Waals surface area contributed by atoms with Gasteiger partial charge in [0.15, 0.2) is 11.4 Å². The van der Waals surface area contributed by atoms with Crippen LogP contribution >= 0.6 is 0 Å². The molecule has 2 aromatic heterocycles. The van der Waals surface area contributed by atoms with E-state index in [-0.39, 0.29) is 5.91 Å². The Hall–Kier alpha value is -3.71. The van der Waals surface area contributed by atoms with Gasteiger partial charge in [-0.15, -0.1) is 0 Å². The highest BCUT2D eigenvalue weighted by Crippen LogP contribution is 2.31. The number of carbonyl (C=O) groups excluding carboxylic acids is 3. The topological polar surface area (TPSA) is 162 Å². The van der Waals surface area contributed by atoms with Gasteiger partial charge in [0.05, 0.1) is 23.2 Å². The molecular formula is C31H44N4O8. The third-order valence-electron chi connectivity index (χ3n) is 6.17. The van der Waals surface area contributed by atoms with Crippen LogP contribution in [0.5, 0.6) is 0 Å². The number of aliphatic hydroxyl groups is 2. The SMILES string of the molecule is C=CC(=O)OC(C)(C)C(=O)C(C)O.CCOCc1nc2c(NC(=O)C(C)OCC)nc3ccccc3c2n1CC(C)(C)O. The maximum Gasteiger partial charge on any atom is 0.331 e. The molecule has 2 unspecified atom stereocenters. The number of aromatic nitrogens is 3. The molecule has 1 amide bonds. The lowest BCUT2D eigenvalue weighted by Crippen LogP contribution is -2.42. The Labute approximate surface area is 252 Å². The molecule has 0 saturated heterocycles. The zero-order valence-corrected chi connectivity index (χ0v) is 26.3. The molecule has 2 heterocycles. The summed E-state index contributed by atoms with van der Waals surface area (Å²) in [6.45, 7) is 17.9. The molecule has 0 aliphatic heterocycles. The van der Waals surface area contributed by atoms with Crippen LogP contribution in [-0.2, 0) is 41.7 Å². The summed E-state index contributed by atoms with van der Waals surface area (Å²) in [5.41, 5.74) is -0.184. The van der Waals surface area contributed by atoms with Crippen LogP contribution in [0.15, 0.2) is 36.9 Å². The third kappa shape index (κ3) is 9.65. The van der Waals surface area contributed by atoms with Crippen molar-refractivity contribution in [3.05, 3.63) is 42.7 Å². The van der Waals surface area contributed by atoms with Crippen molar-refractivity contribution in [2.24, 2.45) is 0 Å². The molecule has 236 valence electrons. The summed E-state index contributed by atoms with van der Waals surface area (Å²) in [5, 5.41) is 23.3. The zero-order valence-electron chi connectivity index (χ0n) is 26.3. The molecular weight excluding hydrogens is 556 g/mol. The van der Waals surface area contributed by atoms with E-state index in [1.54, 1.807) is 20.8 Å². The van der Waals surface area contributed by atoms with Crippen molar-refractivity contribution in [3.63, 3.8) is 0 Å². The van der Waals surface area contributed by atoms with Crippen molar-refractivity contribution in [1.82, 2.24) is 14.5 Å². The monoisotopic (exact) mass is 600 g/mol. The van der Waals surface area contributed by atoms with Gasteiger partial charge < -0.3 is 34.3 Å². The average Bonchev–Trinajstić information content (AvgIpc) is 3.28. The summed E-state index contributed by atoms with van der Waals surface area (Å²) in [7, 11) is 0. The molecule has 0 fully saturated rings. The van der Waals surface area contributed by atoms with Crippen molar-refractivity contribution in [1.29, 1.82) is 0 Å². The number of ketones is 1. The van der Waals surface area contributed by atoms with E-state index < -0.39 is 35.2 Å². The Balaban J connectivity index is 0.000000420. The van der Waals surface area contributed by atoms with E-state index in [0.29, 0.717) is 43.5 Å². The quantitative estimate of drug-likeness (QED) is 0.195. The molecule has 3 N–H and O–H groups in total. The number of ether oxygens (including phenoxy) is 3. The fourth-order valence-corrected chi connectivity index (χ4v) is 4.22. The number of nitrogens with zero attached hydrogens (tertiary/aromatic N) is 3. The molecule has 1 aromatic carbocycles. The first-order valence-corrected chi connectivity index (χ1v) is 14.1. The Morgan fingerprint density at radius 1 is 1.09 bits per heavy atom.